The lowest BCUT2D eigenvalue weighted by Gasteiger charge is -2.13. The number of hydrogen-bond donors (Lipinski definition) is 1. The Bertz CT molecular complexity index is 436. The first-order chi connectivity index (χ1) is 8.25. The zero-order chi connectivity index (χ0) is 12.1. The van der Waals surface area contributed by atoms with Crippen LogP contribution in [0.2, 0.25) is 0 Å². The van der Waals surface area contributed by atoms with Crippen molar-refractivity contribution >= 4 is 27.3 Å². The van der Waals surface area contributed by atoms with E-state index < -0.39 is 0 Å². The highest BCUT2D eigenvalue weighted by atomic mass is 79.9. The minimum atomic E-state index is 0.406. The molecule has 0 spiro atoms. The van der Waals surface area contributed by atoms with E-state index in [1.165, 1.54) is 10.4 Å². The van der Waals surface area contributed by atoms with Gasteiger partial charge in [0, 0.05) is 21.9 Å². The van der Waals surface area contributed by atoms with Crippen molar-refractivity contribution in [3.63, 3.8) is 0 Å². The zero-order valence-electron chi connectivity index (χ0n) is 9.82. The van der Waals surface area contributed by atoms with Gasteiger partial charge in [0.1, 0.15) is 0 Å². The van der Waals surface area contributed by atoms with E-state index in [9.17, 15) is 0 Å². The van der Waals surface area contributed by atoms with Gasteiger partial charge in [0.25, 0.3) is 0 Å². The second kappa shape index (κ2) is 6.34. The minimum Gasteiger partial charge on any atom is -0.310 e. The Morgan fingerprint density at radius 1 is 1.24 bits per heavy atom. The van der Waals surface area contributed by atoms with Crippen LogP contribution in [-0.4, -0.2) is 6.54 Å². The molecule has 90 valence electrons. The fraction of sp³-hybridized carbons (Fsp3) is 0.286. The third-order valence-corrected chi connectivity index (χ3v) is 4.24. The molecule has 1 heterocycles. The van der Waals surface area contributed by atoms with Crippen LogP contribution in [0.15, 0.2) is 46.3 Å². The van der Waals surface area contributed by atoms with Crippen LogP contribution in [0.4, 0.5) is 0 Å². The molecule has 0 saturated carbocycles. The fourth-order valence-electron chi connectivity index (χ4n) is 1.74. The second-order valence-corrected chi connectivity index (χ2v) is 6.00. The van der Waals surface area contributed by atoms with E-state index >= 15 is 0 Å². The predicted molar refractivity (Wildman–Crippen MR) is 78.6 cm³/mol. The molecule has 0 aliphatic heterocycles. The van der Waals surface area contributed by atoms with E-state index in [0.717, 1.165) is 17.4 Å². The van der Waals surface area contributed by atoms with Crippen LogP contribution >= 0.6 is 27.3 Å². The minimum absolute atomic E-state index is 0.406. The topological polar surface area (TPSA) is 12.0 Å². The Morgan fingerprint density at radius 2 is 2.00 bits per heavy atom. The maximum absolute atomic E-state index is 3.55. The van der Waals surface area contributed by atoms with Crippen molar-refractivity contribution in [1.82, 2.24) is 5.32 Å². The maximum Gasteiger partial charge on any atom is 0.0291 e. The van der Waals surface area contributed by atoms with E-state index in [0.29, 0.717) is 6.04 Å². The van der Waals surface area contributed by atoms with E-state index in [1.807, 2.05) is 11.3 Å². The van der Waals surface area contributed by atoms with Gasteiger partial charge in [-0.15, -0.1) is 11.3 Å². The molecule has 0 unspecified atom stereocenters. The SMILES string of the molecule is C[C@H](NCCc1cccs1)c1ccc(Br)cc1. The highest BCUT2D eigenvalue weighted by molar-refractivity contribution is 9.10. The van der Waals surface area contributed by atoms with E-state index in [4.69, 9.17) is 0 Å². The Balaban J connectivity index is 1.81. The number of rotatable bonds is 5. The van der Waals surface area contributed by atoms with Crippen LogP contribution in [0.5, 0.6) is 0 Å². The van der Waals surface area contributed by atoms with Gasteiger partial charge in [-0.1, -0.05) is 34.1 Å². The summed E-state index contributed by atoms with van der Waals surface area (Å²) in [7, 11) is 0. The maximum atomic E-state index is 3.55. The van der Waals surface area contributed by atoms with Crippen molar-refractivity contribution in [2.45, 2.75) is 19.4 Å². The number of benzene rings is 1. The quantitative estimate of drug-likeness (QED) is 0.863. The molecule has 17 heavy (non-hydrogen) atoms. The van der Waals surface area contributed by atoms with Crippen molar-refractivity contribution < 1.29 is 0 Å². The van der Waals surface area contributed by atoms with Gasteiger partial charge in [-0.25, -0.2) is 0 Å². The predicted octanol–water partition coefficient (Wildman–Crippen LogP) is 4.40. The van der Waals surface area contributed by atoms with Gasteiger partial charge in [-0.2, -0.15) is 0 Å². The van der Waals surface area contributed by atoms with Crippen molar-refractivity contribution in [3.05, 3.63) is 56.7 Å². The molecule has 2 aromatic rings. The lowest BCUT2D eigenvalue weighted by Crippen LogP contribution is -2.21. The van der Waals surface area contributed by atoms with Crippen LogP contribution < -0.4 is 5.32 Å². The summed E-state index contributed by atoms with van der Waals surface area (Å²) in [5.74, 6) is 0. The summed E-state index contributed by atoms with van der Waals surface area (Å²) in [5.41, 5.74) is 1.33. The molecular weight excluding hydrogens is 294 g/mol. The Kier molecular flexibility index (Phi) is 4.77. The van der Waals surface area contributed by atoms with Gasteiger partial charge in [-0.3, -0.25) is 0 Å². The number of halogens is 1. The summed E-state index contributed by atoms with van der Waals surface area (Å²) in [6, 6.07) is 13.2. The van der Waals surface area contributed by atoms with Gasteiger partial charge >= 0.3 is 0 Å². The average Bonchev–Trinajstić information content (AvgIpc) is 2.83. The van der Waals surface area contributed by atoms with Crippen molar-refractivity contribution in [2.24, 2.45) is 0 Å². The summed E-state index contributed by atoms with van der Waals surface area (Å²) in [6.45, 7) is 3.23. The molecular formula is C14H16BrNS. The van der Waals surface area contributed by atoms with Crippen LogP contribution in [-0.2, 0) is 6.42 Å². The molecule has 0 aliphatic carbocycles. The molecule has 1 aromatic heterocycles. The first-order valence-electron chi connectivity index (χ1n) is 5.77. The van der Waals surface area contributed by atoms with E-state index in [-0.39, 0.29) is 0 Å². The number of nitrogens with one attached hydrogen (secondary N) is 1. The average molecular weight is 310 g/mol. The molecule has 2 rings (SSSR count). The molecule has 1 N–H and O–H groups in total. The first-order valence-corrected chi connectivity index (χ1v) is 7.44. The molecule has 0 saturated heterocycles. The highest BCUT2D eigenvalue weighted by Crippen LogP contribution is 2.16. The molecule has 1 aromatic carbocycles. The normalized spacial score (nSPS) is 12.6. The standard InChI is InChI=1S/C14H16BrNS/c1-11(12-4-6-13(15)7-5-12)16-9-8-14-3-2-10-17-14/h2-7,10-11,16H,8-9H2,1H3/t11-/m0/s1. The second-order valence-electron chi connectivity index (χ2n) is 4.06. The molecule has 0 radical (unpaired) electrons. The van der Waals surface area contributed by atoms with Crippen molar-refractivity contribution in [2.75, 3.05) is 6.54 Å². The molecule has 0 amide bonds. The Morgan fingerprint density at radius 3 is 2.65 bits per heavy atom. The fourth-order valence-corrected chi connectivity index (χ4v) is 2.71. The molecule has 1 nitrogen and oxygen atoms in total. The Hall–Kier alpha value is -0.640. The van der Waals surface area contributed by atoms with E-state index in [2.05, 4.69) is 69.9 Å². The molecule has 0 fully saturated rings. The van der Waals surface area contributed by atoms with Crippen LogP contribution in [0.25, 0.3) is 0 Å². The van der Waals surface area contributed by atoms with Crippen molar-refractivity contribution in [3.8, 4) is 0 Å². The van der Waals surface area contributed by atoms with Gasteiger partial charge in [0.2, 0.25) is 0 Å². The molecule has 0 bridgehead atoms. The summed E-state index contributed by atoms with van der Waals surface area (Å²) in [4.78, 5) is 1.44. The van der Waals surface area contributed by atoms with Crippen molar-refractivity contribution in [1.29, 1.82) is 0 Å². The van der Waals surface area contributed by atoms with Crippen LogP contribution in [0.3, 0.4) is 0 Å². The monoisotopic (exact) mass is 309 g/mol. The largest absolute Gasteiger partial charge is 0.310 e. The third-order valence-electron chi connectivity index (χ3n) is 2.77. The third kappa shape index (κ3) is 3.95. The van der Waals surface area contributed by atoms with Crippen LogP contribution in [0.1, 0.15) is 23.4 Å². The van der Waals surface area contributed by atoms with Gasteiger partial charge in [0.15, 0.2) is 0 Å². The lowest BCUT2D eigenvalue weighted by molar-refractivity contribution is 0.578. The summed E-state index contributed by atoms with van der Waals surface area (Å²) in [6.07, 6.45) is 1.11. The zero-order valence-corrected chi connectivity index (χ0v) is 12.2. The van der Waals surface area contributed by atoms with Crippen LogP contribution in [0, 0.1) is 0 Å². The number of thiophene rings is 1. The first kappa shape index (κ1) is 12.8. The smallest absolute Gasteiger partial charge is 0.0291 e. The summed E-state index contributed by atoms with van der Waals surface area (Å²) in [5, 5.41) is 5.68. The summed E-state index contributed by atoms with van der Waals surface area (Å²) < 4.78 is 1.13. The molecule has 1 atom stereocenters. The van der Waals surface area contributed by atoms with E-state index in [1.54, 1.807) is 0 Å². The molecule has 3 heteroatoms. The molecule has 0 aliphatic rings. The Labute approximate surface area is 115 Å². The van der Waals surface area contributed by atoms with Gasteiger partial charge < -0.3 is 5.32 Å². The highest BCUT2D eigenvalue weighted by Gasteiger charge is 2.04. The van der Waals surface area contributed by atoms with Gasteiger partial charge in [-0.05, 0) is 42.5 Å². The number of hydrogen-bond acceptors (Lipinski definition) is 2. The van der Waals surface area contributed by atoms with Gasteiger partial charge in [0.05, 0.1) is 0 Å². The summed E-state index contributed by atoms with van der Waals surface area (Å²) >= 11 is 5.28. The lowest BCUT2D eigenvalue weighted by atomic mass is 10.1.